The van der Waals surface area contributed by atoms with Crippen molar-refractivity contribution in [1.29, 1.82) is 0 Å². The molecule has 3 aromatic rings. The lowest BCUT2D eigenvalue weighted by Crippen LogP contribution is -2.15. The minimum Gasteiger partial charge on any atom is -0.478 e. The van der Waals surface area contributed by atoms with Gasteiger partial charge in [-0.3, -0.25) is 0 Å². The van der Waals surface area contributed by atoms with Gasteiger partial charge in [0.05, 0.1) is 5.56 Å². The first-order valence-corrected chi connectivity index (χ1v) is 8.81. The zero-order valence-electron chi connectivity index (χ0n) is 14.8. The Kier molecular flexibility index (Phi) is 5.45. The van der Waals surface area contributed by atoms with E-state index in [2.05, 4.69) is 5.32 Å². The second-order valence-electron chi connectivity index (χ2n) is 6.23. The van der Waals surface area contributed by atoms with Crippen molar-refractivity contribution in [3.8, 4) is 5.69 Å². The summed E-state index contributed by atoms with van der Waals surface area (Å²) in [6.07, 6.45) is 0. The third kappa shape index (κ3) is 3.66. The molecule has 0 aliphatic heterocycles. The molecule has 0 aliphatic rings. The van der Waals surface area contributed by atoms with Crippen molar-refractivity contribution in [2.24, 2.45) is 0 Å². The van der Waals surface area contributed by atoms with E-state index >= 15 is 0 Å². The van der Waals surface area contributed by atoms with Gasteiger partial charge in [0, 0.05) is 40.8 Å². The number of hydrogen-bond donors (Lipinski definition) is 2. The first-order valence-electron chi connectivity index (χ1n) is 8.43. The molecule has 2 N–H and O–H groups in total. The van der Waals surface area contributed by atoms with E-state index < -0.39 is 5.97 Å². The molecule has 0 saturated heterocycles. The molecule has 26 heavy (non-hydrogen) atoms. The lowest BCUT2D eigenvalue weighted by atomic mass is 10.1. The third-order valence-corrected chi connectivity index (χ3v) is 4.75. The zero-order chi connectivity index (χ0) is 18.7. The Morgan fingerprint density at radius 3 is 2.42 bits per heavy atom. The highest BCUT2D eigenvalue weighted by Crippen LogP contribution is 2.26. The van der Waals surface area contributed by atoms with Gasteiger partial charge in [0.15, 0.2) is 0 Å². The fraction of sp³-hybridized carbons (Fsp3) is 0.190. The summed E-state index contributed by atoms with van der Waals surface area (Å²) >= 11 is 6.02. The van der Waals surface area contributed by atoms with Gasteiger partial charge in [-0.25, -0.2) is 4.79 Å². The van der Waals surface area contributed by atoms with Gasteiger partial charge in [-0.05, 0) is 43.7 Å². The Bertz CT molecular complexity index is 933. The average molecular weight is 369 g/mol. The maximum absolute atomic E-state index is 11.9. The van der Waals surface area contributed by atoms with E-state index in [0.29, 0.717) is 23.7 Å². The number of nitrogens with zero attached hydrogens (tertiary/aromatic N) is 1. The smallest absolute Gasteiger partial charge is 0.337 e. The van der Waals surface area contributed by atoms with Crippen LogP contribution in [0.4, 0.5) is 0 Å². The molecule has 0 bridgehead atoms. The molecule has 134 valence electrons. The first kappa shape index (κ1) is 18.2. The van der Waals surface area contributed by atoms with Crippen LogP contribution in [0.1, 0.15) is 32.9 Å². The first-order chi connectivity index (χ1) is 12.5. The van der Waals surface area contributed by atoms with Crippen molar-refractivity contribution < 1.29 is 9.90 Å². The van der Waals surface area contributed by atoms with E-state index in [1.807, 2.05) is 73.0 Å². The van der Waals surface area contributed by atoms with Crippen molar-refractivity contribution in [3.05, 3.63) is 87.7 Å². The summed E-state index contributed by atoms with van der Waals surface area (Å²) in [5, 5.41) is 13.8. The molecule has 0 aliphatic carbocycles. The number of rotatable bonds is 6. The summed E-state index contributed by atoms with van der Waals surface area (Å²) in [6.45, 7) is 4.90. The second-order valence-corrected chi connectivity index (χ2v) is 6.67. The highest BCUT2D eigenvalue weighted by atomic mass is 35.5. The van der Waals surface area contributed by atoms with E-state index in [0.717, 1.165) is 28.2 Å². The normalized spacial score (nSPS) is 10.9. The summed E-state index contributed by atoms with van der Waals surface area (Å²) in [5.41, 5.74) is 4.87. The zero-order valence-corrected chi connectivity index (χ0v) is 15.5. The molecule has 0 amide bonds. The Hall–Kier alpha value is -2.56. The van der Waals surface area contributed by atoms with Crippen LogP contribution >= 0.6 is 11.6 Å². The highest BCUT2D eigenvalue weighted by molar-refractivity contribution is 6.30. The van der Waals surface area contributed by atoms with Crippen LogP contribution in [-0.2, 0) is 13.1 Å². The predicted molar refractivity (Wildman–Crippen MR) is 104 cm³/mol. The number of hydrogen-bond acceptors (Lipinski definition) is 2. The number of nitrogens with one attached hydrogen (secondary N) is 1. The van der Waals surface area contributed by atoms with Gasteiger partial charge in [-0.1, -0.05) is 41.9 Å². The number of halogens is 1. The van der Waals surface area contributed by atoms with E-state index in [1.165, 1.54) is 0 Å². The number of aromatic carboxylic acids is 1. The molecule has 0 radical (unpaired) electrons. The molecule has 0 unspecified atom stereocenters. The molecule has 2 aromatic carbocycles. The summed E-state index contributed by atoms with van der Waals surface area (Å²) in [4.78, 5) is 11.9. The summed E-state index contributed by atoms with van der Waals surface area (Å²) in [5.74, 6) is -0.903. The van der Waals surface area contributed by atoms with Crippen molar-refractivity contribution >= 4 is 17.6 Å². The number of para-hydroxylation sites is 1. The Labute approximate surface area is 158 Å². The van der Waals surface area contributed by atoms with Crippen LogP contribution in [0.25, 0.3) is 5.69 Å². The Morgan fingerprint density at radius 1 is 1.04 bits per heavy atom. The van der Waals surface area contributed by atoms with Crippen LogP contribution in [0.3, 0.4) is 0 Å². The molecule has 0 spiro atoms. The summed E-state index contributed by atoms with van der Waals surface area (Å²) in [7, 11) is 0. The number of carboxylic acid groups (broad SMARTS) is 1. The van der Waals surface area contributed by atoms with Gasteiger partial charge in [0.2, 0.25) is 0 Å². The SMILES string of the molecule is Cc1c(CNCc2cccc(Cl)c2)c(C(=O)O)c(C)n1-c1ccccc1. The molecular formula is C21H21ClN2O2. The largest absolute Gasteiger partial charge is 0.478 e. The van der Waals surface area contributed by atoms with Crippen molar-refractivity contribution in [2.75, 3.05) is 0 Å². The number of carbonyl (C=O) groups is 1. The standard InChI is InChI=1S/C21H21ClN2O2/c1-14-19(13-23-12-16-7-6-8-17(22)11-16)20(21(25)26)15(2)24(14)18-9-4-3-5-10-18/h3-11,23H,12-13H2,1-2H3,(H,25,26). The minimum absolute atomic E-state index is 0.366. The van der Waals surface area contributed by atoms with E-state index in [1.54, 1.807) is 0 Å². The van der Waals surface area contributed by atoms with E-state index in [9.17, 15) is 9.90 Å². The van der Waals surface area contributed by atoms with Crippen molar-refractivity contribution in [2.45, 2.75) is 26.9 Å². The summed E-state index contributed by atoms with van der Waals surface area (Å²) in [6, 6.07) is 17.4. The van der Waals surface area contributed by atoms with Crippen molar-refractivity contribution in [3.63, 3.8) is 0 Å². The quantitative estimate of drug-likeness (QED) is 0.661. The molecule has 5 heteroatoms. The maximum atomic E-state index is 11.9. The Morgan fingerprint density at radius 2 is 1.77 bits per heavy atom. The Balaban J connectivity index is 1.90. The predicted octanol–water partition coefficient (Wildman–Crippen LogP) is 4.74. The molecule has 3 rings (SSSR count). The summed E-state index contributed by atoms with van der Waals surface area (Å²) < 4.78 is 2.00. The molecule has 0 atom stereocenters. The van der Waals surface area contributed by atoms with Crippen LogP contribution in [0.2, 0.25) is 5.02 Å². The molecule has 4 nitrogen and oxygen atoms in total. The van der Waals surface area contributed by atoms with Crippen LogP contribution in [0.15, 0.2) is 54.6 Å². The fourth-order valence-corrected chi connectivity index (χ4v) is 3.55. The van der Waals surface area contributed by atoms with Crippen LogP contribution in [-0.4, -0.2) is 15.6 Å². The van der Waals surface area contributed by atoms with Gasteiger partial charge < -0.3 is 15.0 Å². The van der Waals surface area contributed by atoms with Crippen LogP contribution < -0.4 is 5.32 Å². The lowest BCUT2D eigenvalue weighted by Gasteiger charge is -2.10. The monoisotopic (exact) mass is 368 g/mol. The van der Waals surface area contributed by atoms with Gasteiger partial charge in [-0.2, -0.15) is 0 Å². The molecular weight excluding hydrogens is 348 g/mol. The van der Waals surface area contributed by atoms with Gasteiger partial charge in [-0.15, -0.1) is 0 Å². The topological polar surface area (TPSA) is 54.3 Å². The van der Waals surface area contributed by atoms with Crippen LogP contribution in [0, 0.1) is 13.8 Å². The van der Waals surface area contributed by atoms with E-state index in [4.69, 9.17) is 11.6 Å². The van der Waals surface area contributed by atoms with Gasteiger partial charge in [0.1, 0.15) is 0 Å². The fourth-order valence-electron chi connectivity index (χ4n) is 3.34. The molecule has 1 aromatic heterocycles. The molecule has 1 heterocycles. The lowest BCUT2D eigenvalue weighted by molar-refractivity contribution is 0.0695. The number of aromatic nitrogens is 1. The maximum Gasteiger partial charge on any atom is 0.337 e. The molecule has 0 fully saturated rings. The molecule has 0 saturated carbocycles. The van der Waals surface area contributed by atoms with E-state index in [-0.39, 0.29) is 0 Å². The third-order valence-electron chi connectivity index (χ3n) is 4.52. The highest BCUT2D eigenvalue weighted by Gasteiger charge is 2.22. The van der Waals surface area contributed by atoms with Gasteiger partial charge >= 0.3 is 5.97 Å². The minimum atomic E-state index is -0.903. The van der Waals surface area contributed by atoms with Crippen molar-refractivity contribution in [1.82, 2.24) is 9.88 Å². The van der Waals surface area contributed by atoms with Gasteiger partial charge in [0.25, 0.3) is 0 Å². The second kappa shape index (κ2) is 7.77. The number of carboxylic acids is 1. The average Bonchev–Trinajstić information content (AvgIpc) is 2.86. The van der Waals surface area contributed by atoms with Crippen LogP contribution in [0.5, 0.6) is 0 Å². The number of benzene rings is 2.